The number of anilines is 1. The first-order valence-electron chi connectivity index (χ1n) is 11.1. The lowest BCUT2D eigenvalue weighted by molar-refractivity contribution is -0.173. The topological polar surface area (TPSA) is 92.2 Å². The van der Waals surface area contributed by atoms with E-state index in [-0.39, 0.29) is 29.1 Å². The summed E-state index contributed by atoms with van der Waals surface area (Å²) in [5.41, 5.74) is 7.57. The number of ether oxygens (including phenoxy) is 1. The number of carbonyl (C=O) groups is 1. The summed E-state index contributed by atoms with van der Waals surface area (Å²) >= 11 is 5.12. The van der Waals surface area contributed by atoms with E-state index in [1.807, 2.05) is 32.0 Å². The fourth-order valence-electron chi connectivity index (χ4n) is 4.12. The van der Waals surface area contributed by atoms with Crippen molar-refractivity contribution in [2.75, 3.05) is 18.5 Å². The van der Waals surface area contributed by atoms with Crippen LogP contribution in [0.3, 0.4) is 0 Å². The fourth-order valence-corrected chi connectivity index (χ4v) is 4.25. The van der Waals surface area contributed by atoms with Gasteiger partial charge in [0.25, 0.3) is 5.91 Å². The number of carbonyl (C=O) groups excluding carboxylic acids is 1. The van der Waals surface area contributed by atoms with Crippen molar-refractivity contribution in [3.8, 4) is 0 Å². The molecule has 4 N–H and O–H groups in total. The van der Waals surface area contributed by atoms with Crippen LogP contribution in [0.15, 0.2) is 24.3 Å². The molecular weight excluding hydrogens is 469 g/mol. The van der Waals surface area contributed by atoms with Gasteiger partial charge in [0.2, 0.25) is 0 Å². The van der Waals surface area contributed by atoms with Gasteiger partial charge in [0.05, 0.1) is 12.1 Å². The Kier molecular flexibility index (Phi) is 6.99. The molecule has 2 aliphatic rings. The molecule has 0 bridgehead atoms. The van der Waals surface area contributed by atoms with Crippen LogP contribution < -0.4 is 21.5 Å². The standard InChI is InChI=1S/C22H27F3N6O2S/c1-12-5-6-14(8-13(12)2)16-9-18(22(23,24)25)31-19(27-16)10-17(30-31)20(32)28-29-21(34)26-11-15-4-3-7-33-15/h5-6,8,10,15-16,18,27H,3-4,7,9,11H2,1-2H3,(H,28,32)(H2,26,29,34)/t15-,16+,18-/m1/s1. The first kappa shape index (κ1) is 24.3. The summed E-state index contributed by atoms with van der Waals surface area (Å²) in [7, 11) is 0. The molecule has 1 aromatic carbocycles. The van der Waals surface area contributed by atoms with Crippen LogP contribution in [0.1, 0.15) is 58.5 Å². The molecule has 0 spiro atoms. The van der Waals surface area contributed by atoms with E-state index < -0.39 is 24.2 Å². The summed E-state index contributed by atoms with van der Waals surface area (Å²) in [4.78, 5) is 12.5. The Morgan fingerprint density at radius 1 is 1.26 bits per heavy atom. The van der Waals surface area contributed by atoms with Gasteiger partial charge in [-0.25, -0.2) is 4.68 Å². The van der Waals surface area contributed by atoms with Crippen molar-refractivity contribution >= 4 is 29.1 Å². The second-order valence-corrected chi connectivity index (χ2v) is 9.03. The Morgan fingerprint density at radius 2 is 2.06 bits per heavy atom. The molecule has 0 aliphatic carbocycles. The lowest BCUT2D eigenvalue weighted by atomic mass is 9.94. The number of hydrogen-bond acceptors (Lipinski definition) is 5. The van der Waals surface area contributed by atoms with Gasteiger partial charge in [0.15, 0.2) is 16.8 Å². The zero-order valence-corrected chi connectivity index (χ0v) is 19.6. The van der Waals surface area contributed by atoms with Gasteiger partial charge in [-0.1, -0.05) is 18.2 Å². The molecular formula is C22H27F3N6O2S. The normalized spacial score (nSPS) is 22.0. The van der Waals surface area contributed by atoms with Crippen molar-refractivity contribution in [3.05, 3.63) is 46.6 Å². The highest BCUT2D eigenvalue weighted by Gasteiger charge is 2.46. The van der Waals surface area contributed by atoms with E-state index >= 15 is 0 Å². The summed E-state index contributed by atoms with van der Waals surface area (Å²) in [5, 5.41) is 10.2. The largest absolute Gasteiger partial charge is 0.410 e. The molecule has 34 heavy (non-hydrogen) atoms. The van der Waals surface area contributed by atoms with E-state index in [9.17, 15) is 18.0 Å². The first-order chi connectivity index (χ1) is 16.1. The smallest absolute Gasteiger partial charge is 0.376 e. The number of amides is 1. The first-order valence-corrected chi connectivity index (χ1v) is 11.5. The third kappa shape index (κ3) is 5.44. The molecule has 1 aromatic heterocycles. The molecule has 0 unspecified atom stereocenters. The van der Waals surface area contributed by atoms with Gasteiger partial charge >= 0.3 is 6.18 Å². The SMILES string of the molecule is Cc1ccc([C@@H]2C[C@H](C(F)(F)F)n3nc(C(=O)NNC(=S)NC[C@H]4CCCO4)cc3N2)cc1C. The van der Waals surface area contributed by atoms with Crippen LogP contribution >= 0.6 is 12.2 Å². The Morgan fingerprint density at radius 3 is 2.74 bits per heavy atom. The van der Waals surface area contributed by atoms with Crippen LogP contribution in [0.2, 0.25) is 0 Å². The average Bonchev–Trinajstić information content (AvgIpc) is 3.46. The van der Waals surface area contributed by atoms with Crippen LogP contribution in [0.25, 0.3) is 0 Å². The number of aryl methyl sites for hydroxylation is 2. The molecule has 3 atom stereocenters. The minimum Gasteiger partial charge on any atom is -0.376 e. The maximum absolute atomic E-state index is 13.9. The molecule has 1 fully saturated rings. The fraction of sp³-hybridized carbons (Fsp3) is 0.500. The highest BCUT2D eigenvalue weighted by atomic mass is 32.1. The number of nitrogens with one attached hydrogen (secondary N) is 4. The van der Waals surface area contributed by atoms with Crippen molar-refractivity contribution in [1.82, 2.24) is 25.9 Å². The number of hydrogen-bond donors (Lipinski definition) is 4. The minimum absolute atomic E-state index is 0.0611. The molecule has 1 amide bonds. The van der Waals surface area contributed by atoms with Gasteiger partial charge < -0.3 is 15.4 Å². The number of halogens is 3. The number of thiocarbonyl (C=S) groups is 1. The number of rotatable bonds is 4. The second-order valence-electron chi connectivity index (χ2n) is 8.62. The molecule has 2 aromatic rings. The Labute approximate surface area is 200 Å². The van der Waals surface area contributed by atoms with E-state index in [1.54, 1.807) is 0 Å². The second kappa shape index (κ2) is 9.79. The quantitative estimate of drug-likeness (QED) is 0.381. The summed E-state index contributed by atoms with van der Waals surface area (Å²) in [6.07, 6.45) is -2.78. The monoisotopic (exact) mass is 496 g/mol. The Hall–Kier alpha value is -2.86. The lowest BCUT2D eigenvalue weighted by Gasteiger charge is -2.33. The third-order valence-electron chi connectivity index (χ3n) is 6.16. The van der Waals surface area contributed by atoms with Gasteiger partial charge in [-0.2, -0.15) is 18.3 Å². The number of alkyl halides is 3. The summed E-state index contributed by atoms with van der Waals surface area (Å²) in [6.45, 7) is 5.08. The van der Waals surface area contributed by atoms with E-state index in [0.29, 0.717) is 13.2 Å². The van der Waals surface area contributed by atoms with Crippen molar-refractivity contribution in [2.45, 2.75) is 57.5 Å². The van der Waals surface area contributed by atoms with Gasteiger partial charge in [-0.3, -0.25) is 15.6 Å². The highest BCUT2D eigenvalue weighted by molar-refractivity contribution is 7.80. The van der Waals surface area contributed by atoms with Gasteiger partial charge in [-0.15, -0.1) is 0 Å². The van der Waals surface area contributed by atoms with Gasteiger partial charge in [0.1, 0.15) is 5.82 Å². The lowest BCUT2D eigenvalue weighted by Crippen LogP contribution is -2.48. The van der Waals surface area contributed by atoms with Crippen molar-refractivity contribution in [1.29, 1.82) is 0 Å². The van der Waals surface area contributed by atoms with Crippen LogP contribution in [0.5, 0.6) is 0 Å². The summed E-state index contributed by atoms with van der Waals surface area (Å²) in [6, 6.07) is 4.47. The summed E-state index contributed by atoms with van der Waals surface area (Å²) < 4.78 is 48.0. The maximum Gasteiger partial charge on any atom is 0.410 e. The van der Waals surface area contributed by atoms with E-state index in [4.69, 9.17) is 17.0 Å². The number of hydrazine groups is 1. The molecule has 1 saturated heterocycles. The third-order valence-corrected chi connectivity index (χ3v) is 6.41. The van der Waals surface area contributed by atoms with E-state index in [0.717, 1.165) is 34.2 Å². The van der Waals surface area contributed by atoms with Crippen LogP contribution in [0.4, 0.5) is 19.0 Å². The summed E-state index contributed by atoms with van der Waals surface area (Å²) in [5.74, 6) is -0.574. The van der Waals surface area contributed by atoms with Gasteiger partial charge in [0, 0.05) is 25.6 Å². The average molecular weight is 497 g/mol. The molecule has 8 nitrogen and oxygen atoms in total. The number of nitrogens with zero attached hydrogens (tertiary/aromatic N) is 2. The molecule has 2 aliphatic heterocycles. The predicted molar refractivity (Wildman–Crippen MR) is 124 cm³/mol. The molecule has 0 radical (unpaired) electrons. The molecule has 184 valence electrons. The Bertz CT molecular complexity index is 1070. The van der Waals surface area contributed by atoms with E-state index in [2.05, 4.69) is 26.6 Å². The molecule has 3 heterocycles. The predicted octanol–water partition coefficient (Wildman–Crippen LogP) is 3.45. The molecule has 0 saturated carbocycles. The van der Waals surface area contributed by atoms with Crippen molar-refractivity contribution in [2.24, 2.45) is 0 Å². The van der Waals surface area contributed by atoms with Crippen LogP contribution in [-0.4, -0.2) is 46.2 Å². The maximum atomic E-state index is 13.9. The number of fused-ring (bicyclic) bond motifs is 1. The zero-order chi connectivity index (χ0) is 24.5. The Balaban J connectivity index is 1.45. The molecule has 12 heteroatoms. The molecule has 4 rings (SSSR count). The van der Waals surface area contributed by atoms with E-state index in [1.165, 1.54) is 6.07 Å². The highest BCUT2D eigenvalue weighted by Crippen LogP contribution is 2.43. The number of benzene rings is 1. The van der Waals surface area contributed by atoms with Crippen molar-refractivity contribution in [3.63, 3.8) is 0 Å². The minimum atomic E-state index is -4.53. The zero-order valence-electron chi connectivity index (χ0n) is 18.8. The van der Waals surface area contributed by atoms with Crippen molar-refractivity contribution < 1.29 is 22.7 Å². The van der Waals surface area contributed by atoms with Crippen LogP contribution in [-0.2, 0) is 4.74 Å². The van der Waals surface area contributed by atoms with Crippen LogP contribution in [0, 0.1) is 13.8 Å². The number of aromatic nitrogens is 2. The van der Waals surface area contributed by atoms with Gasteiger partial charge in [-0.05, 0) is 55.6 Å².